The molecular formula is C27H31F3N2O4. The van der Waals surface area contributed by atoms with Crippen molar-refractivity contribution in [3.8, 4) is 5.75 Å². The minimum absolute atomic E-state index is 0.0879. The predicted molar refractivity (Wildman–Crippen MR) is 129 cm³/mol. The lowest BCUT2D eigenvalue weighted by molar-refractivity contribution is -0.139. The van der Waals surface area contributed by atoms with Gasteiger partial charge in [-0.05, 0) is 67.6 Å². The van der Waals surface area contributed by atoms with Gasteiger partial charge in [0.2, 0.25) is 5.91 Å². The third-order valence-corrected chi connectivity index (χ3v) is 7.15. The van der Waals surface area contributed by atoms with Crippen molar-refractivity contribution in [3.05, 3.63) is 58.7 Å². The number of benzene rings is 2. The van der Waals surface area contributed by atoms with Crippen molar-refractivity contribution in [2.75, 3.05) is 18.5 Å². The average Bonchev–Trinajstić information content (AvgIpc) is 3.28. The molecule has 1 fully saturated rings. The maximum Gasteiger partial charge on any atom is 0.416 e. The van der Waals surface area contributed by atoms with E-state index in [2.05, 4.69) is 5.32 Å². The van der Waals surface area contributed by atoms with Gasteiger partial charge in [-0.2, -0.15) is 13.2 Å². The number of aliphatic carboxylic acids is 1. The molecule has 1 aliphatic heterocycles. The van der Waals surface area contributed by atoms with Crippen LogP contribution < -0.4 is 15.0 Å². The number of alkyl halides is 3. The zero-order chi connectivity index (χ0) is 25.9. The van der Waals surface area contributed by atoms with Crippen molar-refractivity contribution in [2.24, 2.45) is 0 Å². The van der Waals surface area contributed by atoms with Gasteiger partial charge in [0.25, 0.3) is 0 Å². The molecule has 2 aromatic rings. The fourth-order valence-electron chi connectivity index (χ4n) is 5.21. The van der Waals surface area contributed by atoms with Gasteiger partial charge in [-0.3, -0.25) is 9.59 Å². The summed E-state index contributed by atoms with van der Waals surface area (Å²) in [5, 5.41) is 11.8. The first-order valence-corrected chi connectivity index (χ1v) is 12.3. The van der Waals surface area contributed by atoms with Crippen LogP contribution in [0.15, 0.2) is 36.4 Å². The standard InChI is InChI=1S/C27H31F3N2O4/c1-31-23(15-25(33)34)26(35)32-12-11-19-13-21(9-10-24(19)32)36-16-20-8-7-18(14-22(20)27(28,29)30)17-5-3-2-4-6-17/h7-10,13-14,17,23,31H,2-6,11-12,15-16H2,1H3,(H,33,34). The molecule has 2 aliphatic rings. The van der Waals surface area contributed by atoms with E-state index in [0.717, 1.165) is 43.2 Å². The third kappa shape index (κ3) is 5.83. The van der Waals surface area contributed by atoms with E-state index in [1.165, 1.54) is 24.1 Å². The molecule has 9 heteroatoms. The minimum Gasteiger partial charge on any atom is -0.489 e. The molecule has 1 heterocycles. The number of fused-ring (bicyclic) bond motifs is 1. The molecule has 1 saturated carbocycles. The molecular weight excluding hydrogens is 473 g/mol. The topological polar surface area (TPSA) is 78.9 Å². The third-order valence-electron chi connectivity index (χ3n) is 7.15. The number of ether oxygens (including phenoxy) is 1. The highest BCUT2D eigenvalue weighted by atomic mass is 19.4. The summed E-state index contributed by atoms with van der Waals surface area (Å²) >= 11 is 0. The van der Waals surface area contributed by atoms with Gasteiger partial charge < -0.3 is 20.1 Å². The Morgan fingerprint density at radius 3 is 2.56 bits per heavy atom. The fraction of sp³-hybridized carbons (Fsp3) is 0.481. The first kappa shape index (κ1) is 26.0. The Balaban J connectivity index is 1.48. The van der Waals surface area contributed by atoms with Crippen LogP contribution in [-0.2, 0) is 28.8 Å². The number of carboxylic acid groups (broad SMARTS) is 1. The van der Waals surface area contributed by atoms with Crippen LogP contribution in [-0.4, -0.2) is 36.6 Å². The number of halogens is 3. The quantitative estimate of drug-likeness (QED) is 0.511. The van der Waals surface area contributed by atoms with Crippen molar-refractivity contribution in [1.29, 1.82) is 0 Å². The molecule has 0 saturated heterocycles. The summed E-state index contributed by atoms with van der Waals surface area (Å²) < 4.78 is 47.3. The molecule has 6 nitrogen and oxygen atoms in total. The van der Waals surface area contributed by atoms with Crippen molar-refractivity contribution in [2.45, 2.75) is 69.7 Å². The number of rotatable bonds is 8. The molecule has 2 aromatic carbocycles. The largest absolute Gasteiger partial charge is 0.489 e. The molecule has 2 N–H and O–H groups in total. The minimum atomic E-state index is -4.47. The lowest BCUT2D eigenvalue weighted by Gasteiger charge is -2.24. The second-order valence-corrected chi connectivity index (χ2v) is 9.51. The first-order chi connectivity index (χ1) is 17.2. The summed E-state index contributed by atoms with van der Waals surface area (Å²) in [6, 6.07) is 8.82. The van der Waals surface area contributed by atoms with E-state index in [1.54, 1.807) is 24.3 Å². The number of carbonyl (C=O) groups excluding carboxylic acids is 1. The second-order valence-electron chi connectivity index (χ2n) is 9.51. The van der Waals surface area contributed by atoms with E-state index in [0.29, 0.717) is 24.4 Å². The Labute approximate surface area is 208 Å². The molecule has 4 rings (SSSR count). The number of carbonyl (C=O) groups is 2. The number of hydrogen-bond donors (Lipinski definition) is 2. The second kappa shape index (κ2) is 10.9. The Bertz CT molecular complexity index is 1110. The summed E-state index contributed by atoms with van der Waals surface area (Å²) in [7, 11) is 1.54. The van der Waals surface area contributed by atoms with Crippen LogP contribution in [0.25, 0.3) is 0 Å². The number of anilines is 1. The maximum absolute atomic E-state index is 13.9. The van der Waals surface area contributed by atoms with Crippen LogP contribution >= 0.6 is 0 Å². The van der Waals surface area contributed by atoms with Crippen LogP contribution in [0.3, 0.4) is 0 Å². The number of amides is 1. The van der Waals surface area contributed by atoms with Gasteiger partial charge in [0, 0.05) is 17.8 Å². The summed E-state index contributed by atoms with van der Waals surface area (Å²) in [6.07, 6.45) is 0.831. The van der Waals surface area contributed by atoms with E-state index in [1.807, 2.05) is 0 Å². The van der Waals surface area contributed by atoms with Gasteiger partial charge in [-0.15, -0.1) is 0 Å². The van der Waals surface area contributed by atoms with E-state index in [-0.39, 0.29) is 30.4 Å². The van der Waals surface area contributed by atoms with Crippen molar-refractivity contribution in [3.63, 3.8) is 0 Å². The van der Waals surface area contributed by atoms with Crippen molar-refractivity contribution in [1.82, 2.24) is 5.32 Å². The Morgan fingerprint density at radius 1 is 1.14 bits per heavy atom. The predicted octanol–water partition coefficient (Wildman–Crippen LogP) is 5.28. The fourth-order valence-corrected chi connectivity index (χ4v) is 5.21. The highest BCUT2D eigenvalue weighted by Gasteiger charge is 2.35. The molecule has 0 spiro atoms. The first-order valence-electron chi connectivity index (χ1n) is 12.3. The number of likely N-dealkylation sites (N-methyl/N-ethyl adjacent to an activating group) is 1. The smallest absolute Gasteiger partial charge is 0.416 e. The molecule has 194 valence electrons. The van der Waals surface area contributed by atoms with Crippen molar-refractivity contribution >= 4 is 17.6 Å². The van der Waals surface area contributed by atoms with Gasteiger partial charge in [0.05, 0.1) is 18.0 Å². The lowest BCUT2D eigenvalue weighted by Crippen LogP contribution is -2.45. The Hall–Kier alpha value is -3.07. The van der Waals surface area contributed by atoms with E-state index < -0.39 is 23.8 Å². The highest BCUT2D eigenvalue weighted by molar-refractivity contribution is 6.00. The summed E-state index contributed by atoms with van der Waals surface area (Å²) in [4.78, 5) is 25.4. The van der Waals surface area contributed by atoms with Gasteiger partial charge in [0.15, 0.2) is 0 Å². The van der Waals surface area contributed by atoms with Crippen LogP contribution in [0.1, 0.15) is 66.7 Å². The number of nitrogens with one attached hydrogen (secondary N) is 1. The van der Waals surface area contributed by atoms with Gasteiger partial charge >= 0.3 is 12.1 Å². The van der Waals surface area contributed by atoms with Crippen LogP contribution in [0.5, 0.6) is 5.75 Å². The number of hydrogen-bond acceptors (Lipinski definition) is 4. The Kier molecular flexibility index (Phi) is 7.88. The molecule has 0 aromatic heterocycles. The van der Waals surface area contributed by atoms with Gasteiger partial charge in [0.1, 0.15) is 12.4 Å². The maximum atomic E-state index is 13.9. The molecule has 36 heavy (non-hydrogen) atoms. The van der Waals surface area contributed by atoms with Crippen molar-refractivity contribution < 1.29 is 32.6 Å². The van der Waals surface area contributed by atoms with E-state index in [9.17, 15) is 22.8 Å². The van der Waals surface area contributed by atoms with E-state index >= 15 is 0 Å². The Morgan fingerprint density at radius 2 is 1.89 bits per heavy atom. The summed E-state index contributed by atoms with van der Waals surface area (Å²) in [5.74, 6) is -0.811. The number of carboxylic acids is 1. The van der Waals surface area contributed by atoms with E-state index in [4.69, 9.17) is 9.84 Å². The molecule has 1 unspecified atom stereocenters. The zero-order valence-electron chi connectivity index (χ0n) is 20.2. The molecule has 0 bridgehead atoms. The zero-order valence-corrected chi connectivity index (χ0v) is 20.2. The molecule has 1 amide bonds. The van der Waals surface area contributed by atoms with Gasteiger partial charge in [-0.1, -0.05) is 31.4 Å². The monoisotopic (exact) mass is 504 g/mol. The molecule has 1 atom stereocenters. The van der Waals surface area contributed by atoms with Crippen LogP contribution in [0.2, 0.25) is 0 Å². The lowest BCUT2D eigenvalue weighted by atomic mass is 9.83. The number of nitrogens with zero attached hydrogens (tertiary/aromatic N) is 1. The molecule has 1 aliphatic carbocycles. The van der Waals surface area contributed by atoms with Crippen LogP contribution in [0.4, 0.5) is 18.9 Å². The highest BCUT2D eigenvalue weighted by Crippen LogP contribution is 2.39. The van der Waals surface area contributed by atoms with Gasteiger partial charge in [-0.25, -0.2) is 0 Å². The van der Waals surface area contributed by atoms with Crippen LogP contribution in [0, 0.1) is 0 Å². The summed E-state index contributed by atoms with van der Waals surface area (Å²) in [6.45, 7) is 0.179. The summed E-state index contributed by atoms with van der Waals surface area (Å²) in [5.41, 5.74) is 1.67. The average molecular weight is 505 g/mol. The SMILES string of the molecule is CNC(CC(=O)O)C(=O)N1CCc2cc(OCc3ccc(C4CCCCC4)cc3C(F)(F)F)ccc21. The normalized spacial score (nSPS) is 17.1. The molecule has 0 radical (unpaired) electrons.